The molecule has 2 aromatic carbocycles. The molecule has 0 radical (unpaired) electrons. The van der Waals surface area contributed by atoms with Crippen LogP contribution in [0, 0.1) is 5.92 Å². The highest BCUT2D eigenvalue weighted by molar-refractivity contribution is 5.93. The predicted molar refractivity (Wildman–Crippen MR) is 115 cm³/mol. The van der Waals surface area contributed by atoms with Crippen LogP contribution in [0.15, 0.2) is 54.6 Å². The fraction of sp³-hybridized carbons (Fsp3) is 0.458. The quantitative estimate of drug-likeness (QED) is 0.681. The van der Waals surface area contributed by atoms with E-state index in [0.29, 0.717) is 12.3 Å². The molecular weight excluding hydrogens is 348 g/mol. The molecule has 0 spiro atoms. The molecule has 0 aliphatic carbocycles. The van der Waals surface area contributed by atoms with Gasteiger partial charge in [0.15, 0.2) is 0 Å². The van der Waals surface area contributed by atoms with E-state index < -0.39 is 0 Å². The second-order valence-corrected chi connectivity index (χ2v) is 7.58. The van der Waals surface area contributed by atoms with Gasteiger partial charge in [-0.2, -0.15) is 0 Å². The smallest absolute Gasteiger partial charge is 0.226 e. The molecule has 0 N–H and O–H groups in total. The molecule has 1 fully saturated rings. The number of ether oxygens (including phenoxy) is 1. The maximum Gasteiger partial charge on any atom is 0.226 e. The first kappa shape index (κ1) is 20.4. The highest BCUT2D eigenvalue weighted by atomic mass is 16.5. The minimum Gasteiger partial charge on any atom is -0.497 e. The Kier molecular flexibility index (Phi) is 7.49. The highest BCUT2D eigenvalue weighted by Gasteiger charge is 2.24. The zero-order valence-electron chi connectivity index (χ0n) is 17.1. The van der Waals surface area contributed by atoms with Gasteiger partial charge in [-0.05, 0) is 68.1 Å². The maximum absolute atomic E-state index is 12.5. The molecule has 0 aromatic heterocycles. The fourth-order valence-corrected chi connectivity index (χ4v) is 3.89. The fourth-order valence-electron chi connectivity index (χ4n) is 3.89. The van der Waals surface area contributed by atoms with Crippen LogP contribution in [-0.2, 0) is 11.2 Å². The number of carbonyl (C=O) groups is 1. The Morgan fingerprint density at radius 1 is 1.07 bits per heavy atom. The lowest BCUT2D eigenvalue weighted by Gasteiger charge is -2.35. The Labute approximate surface area is 169 Å². The summed E-state index contributed by atoms with van der Waals surface area (Å²) in [7, 11) is 1.66. The number of carbonyl (C=O) groups excluding carboxylic acids is 1. The van der Waals surface area contributed by atoms with Crippen molar-refractivity contribution >= 4 is 11.6 Å². The first-order chi connectivity index (χ1) is 13.7. The summed E-state index contributed by atoms with van der Waals surface area (Å²) < 4.78 is 5.24. The van der Waals surface area contributed by atoms with Crippen molar-refractivity contribution in [1.82, 2.24) is 4.90 Å². The van der Waals surface area contributed by atoms with Crippen molar-refractivity contribution in [3.63, 3.8) is 0 Å². The van der Waals surface area contributed by atoms with E-state index in [1.54, 1.807) is 7.11 Å². The van der Waals surface area contributed by atoms with Crippen LogP contribution in [0.3, 0.4) is 0 Å². The third kappa shape index (κ3) is 5.59. The number of hydrogen-bond acceptors (Lipinski definition) is 3. The second-order valence-electron chi connectivity index (χ2n) is 7.58. The summed E-state index contributed by atoms with van der Waals surface area (Å²) in [6, 6.07) is 18.5. The molecular formula is C24H32N2O2. The molecule has 1 amide bonds. The number of amides is 1. The molecule has 0 bridgehead atoms. The van der Waals surface area contributed by atoms with Gasteiger partial charge in [0, 0.05) is 25.2 Å². The maximum atomic E-state index is 12.5. The Morgan fingerprint density at radius 2 is 1.75 bits per heavy atom. The molecule has 1 aliphatic rings. The minimum absolute atomic E-state index is 0.191. The van der Waals surface area contributed by atoms with E-state index in [1.165, 1.54) is 5.56 Å². The van der Waals surface area contributed by atoms with Crippen molar-refractivity contribution in [1.29, 1.82) is 0 Å². The van der Waals surface area contributed by atoms with Gasteiger partial charge < -0.3 is 14.5 Å². The topological polar surface area (TPSA) is 32.8 Å². The molecule has 1 heterocycles. The van der Waals surface area contributed by atoms with Gasteiger partial charge in [0.2, 0.25) is 5.91 Å². The van der Waals surface area contributed by atoms with Crippen LogP contribution in [0.5, 0.6) is 5.75 Å². The molecule has 3 rings (SSSR count). The monoisotopic (exact) mass is 380 g/mol. The average Bonchev–Trinajstić information content (AvgIpc) is 2.77. The number of likely N-dealkylation sites (tertiary alicyclic amines) is 1. The Balaban J connectivity index is 1.52. The van der Waals surface area contributed by atoms with Gasteiger partial charge in [-0.1, -0.05) is 37.3 Å². The van der Waals surface area contributed by atoms with Gasteiger partial charge in [-0.25, -0.2) is 0 Å². The molecule has 150 valence electrons. The van der Waals surface area contributed by atoms with Crippen molar-refractivity contribution < 1.29 is 9.53 Å². The molecule has 0 saturated carbocycles. The first-order valence-corrected chi connectivity index (χ1v) is 10.4. The van der Waals surface area contributed by atoms with Gasteiger partial charge in [0.05, 0.1) is 7.11 Å². The Hall–Kier alpha value is -2.33. The number of anilines is 1. The lowest BCUT2D eigenvalue weighted by molar-refractivity contribution is -0.118. The number of benzene rings is 2. The molecule has 4 nitrogen and oxygen atoms in total. The number of piperidine rings is 1. The van der Waals surface area contributed by atoms with Crippen LogP contribution in [-0.4, -0.2) is 44.1 Å². The van der Waals surface area contributed by atoms with Gasteiger partial charge in [0.25, 0.3) is 0 Å². The SMILES string of the molecule is CCC(=O)N(CC1CCN(CCc2ccccc2)CC1)c1ccc(OC)cc1. The van der Waals surface area contributed by atoms with Crippen LogP contribution in [0.25, 0.3) is 0 Å². The summed E-state index contributed by atoms with van der Waals surface area (Å²) >= 11 is 0. The lowest BCUT2D eigenvalue weighted by atomic mass is 9.95. The number of rotatable bonds is 8. The number of hydrogen-bond donors (Lipinski definition) is 0. The van der Waals surface area contributed by atoms with Crippen molar-refractivity contribution in [3.05, 3.63) is 60.2 Å². The van der Waals surface area contributed by atoms with Gasteiger partial charge in [-0.3, -0.25) is 4.79 Å². The standard InChI is InChI=1S/C24H32N2O2/c1-3-24(27)26(22-9-11-23(28-2)12-10-22)19-21-14-17-25(18-15-21)16-13-20-7-5-4-6-8-20/h4-12,21H,3,13-19H2,1-2H3. The molecule has 2 aromatic rings. The summed E-state index contributed by atoms with van der Waals surface area (Å²) in [6.45, 7) is 6.10. The molecule has 0 unspecified atom stereocenters. The van der Waals surface area contributed by atoms with E-state index in [9.17, 15) is 4.79 Å². The second kappa shape index (κ2) is 10.3. The van der Waals surface area contributed by atoms with Crippen LogP contribution in [0.1, 0.15) is 31.7 Å². The van der Waals surface area contributed by atoms with E-state index in [2.05, 4.69) is 35.2 Å². The minimum atomic E-state index is 0.191. The van der Waals surface area contributed by atoms with E-state index in [0.717, 1.165) is 56.9 Å². The molecule has 0 atom stereocenters. The molecule has 1 saturated heterocycles. The van der Waals surface area contributed by atoms with Crippen LogP contribution in [0.2, 0.25) is 0 Å². The van der Waals surface area contributed by atoms with Crippen molar-refractivity contribution in [3.8, 4) is 5.75 Å². The molecule has 1 aliphatic heterocycles. The van der Waals surface area contributed by atoms with Crippen molar-refractivity contribution in [2.24, 2.45) is 5.92 Å². The van der Waals surface area contributed by atoms with Crippen LogP contribution >= 0.6 is 0 Å². The number of nitrogens with zero attached hydrogens (tertiary/aromatic N) is 2. The van der Waals surface area contributed by atoms with E-state index in [4.69, 9.17) is 4.74 Å². The summed E-state index contributed by atoms with van der Waals surface area (Å²) in [4.78, 5) is 17.1. The highest BCUT2D eigenvalue weighted by Crippen LogP contribution is 2.25. The van der Waals surface area contributed by atoms with Crippen LogP contribution in [0.4, 0.5) is 5.69 Å². The normalized spacial score (nSPS) is 15.4. The average molecular weight is 381 g/mol. The summed E-state index contributed by atoms with van der Waals surface area (Å²) in [5.74, 6) is 1.57. The summed E-state index contributed by atoms with van der Waals surface area (Å²) in [6.07, 6.45) is 3.94. The van der Waals surface area contributed by atoms with Gasteiger partial charge in [-0.15, -0.1) is 0 Å². The largest absolute Gasteiger partial charge is 0.497 e. The zero-order valence-corrected chi connectivity index (χ0v) is 17.1. The third-order valence-corrected chi connectivity index (χ3v) is 5.70. The number of methoxy groups -OCH3 is 1. The van der Waals surface area contributed by atoms with Gasteiger partial charge >= 0.3 is 0 Å². The van der Waals surface area contributed by atoms with E-state index in [-0.39, 0.29) is 5.91 Å². The first-order valence-electron chi connectivity index (χ1n) is 10.4. The van der Waals surface area contributed by atoms with Crippen LogP contribution < -0.4 is 9.64 Å². The predicted octanol–water partition coefficient (Wildman–Crippen LogP) is 4.39. The molecule has 28 heavy (non-hydrogen) atoms. The zero-order chi connectivity index (χ0) is 19.8. The van der Waals surface area contributed by atoms with Crippen molar-refractivity contribution in [2.75, 3.05) is 38.2 Å². The Bertz CT molecular complexity index is 722. The Morgan fingerprint density at radius 3 is 2.36 bits per heavy atom. The van der Waals surface area contributed by atoms with Crippen molar-refractivity contribution in [2.45, 2.75) is 32.6 Å². The third-order valence-electron chi connectivity index (χ3n) is 5.70. The summed E-state index contributed by atoms with van der Waals surface area (Å²) in [5.41, 5.74) is 2.38. The lowest BCUT2D eigenvalue weighted by Crippen LogP contribution is -2.41. The van der Waals surface area contributed by atoms with E-state index in [1.807, 2.05) is 36.1 Å². The molecule has 4 heteroatoms. The summed E-state index contributed by atoms with van der Waals surface area (Å²) in [5, 5.41) is 0. The van der Waals surface area contributed by atoms with Gasteiger partial charge in [0.1, 0.15) is 5.75 Å². The van der Waals surface area contributed by atoms with E-state index >= 15 is 0 Å².